The lowest BCUT2D eigenvalue weighted by Gasteiger charge is -1.96. The summed E-state index contributed by atoms with van der Waals surface area (Å²) in [7, 11) is 0. The number of hydrogen-bond acceptors (Lipinski definition) is 2. The van der Waals surface area contributed by atoms with Crippen molar-refractivity contribution in [1.29, 1.82) is 0 Å². The fourth-order valence-electron chi connectivity index (χ4n) is 0.724. The van der Waals surface area contributed by atoms with Crippen LogP contribution < -0.4 is 0 Å². The average molecular weight is 144 g/mol. The molecule has 0 bridgehead atoms. The first-order valence-electron chi connectivity index (χ1n) is 2.80. The van der Waals surface area contributed by atoms with Crippen molar-refractivity contribution in [3.8, 4) is 0 Å². The van der Waals surface area contributed by atoms with E-state index in [4.69, 9.17) is 5.11 Å². The van der Waals surface area contributed by atoms with E-state index in [0.717, 1.165) is 6.42 Å². The highest BCUT2D eigenvalue weighted by atomic mass is 32.2. The van der Waals surface area contributed by atoms with Gasteiger partial charge in [-0.2, -0.15) is 0 Å². The Bertz CT molecular complexity index is 162. The Morgan fingerprint density at radius 2 is 2.67 bits per heavy atom. The third-order valence-electron chi connectivity index (χ3n) is 1.17. The van der Waals surface area contributed by atoms with E-state index in [9.17, 15) is 4.79 Å². The largest absolute Gasteiger partial charge is 0.477 e. The Morgan fingerprint density at radius 1 is 2.00 bits per heavy atom. The van der Waals surface area contributed by atoms with Crippen LogP contribution in [0.2, 0.25) is 0 Å². The maximum absolute atomic E-state index is 10.3. The van der Waals surface area contributed by atoms with E-state index in [1.54, 1.807) is 6.08 Å². The van der Waals surface area contributed by atoms with Crippen LogP contribution in [0.3, 0.4) is 0 Å². The first-order chi connectivity index (χ1) is 4.20. The number of carbonyl (C=O) groups is 1. The van der Waals surface area contributed by atoms with Crippen LogP contribution in [0.1, 0.15) is 13.3 Å². The van der Waals surface area contributed by atoms with Gasteiger partial charge in [0.25, 0.3) is 0 Å². The Balaban J connectivity index is 2.55. The highest BCUT2D eigenvalue weighted by Gasteiger charge is 2.17. The normalized spacial score (nSPS) is 25.9. The van der Waals surface area contributed by atoms with Crippen LogP contribution in [-0.4, -0.2) is 16.3 Å². The van der Waals surface area contributed by atoms with Gasteiger partial charge in [0, 0.05) is 5.25 Å². The lowest BCUT2D eigenvalue weighted by Crippen LogP contribution is -1.94. The molecule has 0 fully saturated rings. The third kappa shape index (κ3) is 1.48. The molecule has 1 aliphatic rings. The van der Waals surface area contributed by atoms with Gasteiger partial charge >= 0.3 is 5.97 Å². The van der Waals surface area contributed by atoms with Gasteiger partial charge in [-0.25, -0.2) is 4.79 Å². The molecule has 0 aromatic rings. The molecule has 1 rings (SSSR count). The molecule has 1 N–H and O–H groups in total. The van der Waals surface area contributed by atoms with Gasteiger partial charge in [0.15, 0.2) is 0 Å². The Labute approximate surface area is 57.9 Å². The summed E-state index contributed by atoms with van der Waals surface area (Å²) >= 11 is 1.44. The summed E-state index contributed by atoms with van der Waals surface area (Å²) in [5.74, 6) is -0.788. The zero-order valence-electron chi connectivity index (χ0n) is 5.13. The summed E-state index contributed by atoms with van der Waals surface area (Å²) in [4.78, 5) is 10.8. The molecule has 0 aliphatic carbocycles. The average Bonchev–Trinajstić information content (AvgIpc) is 2.14. The molecule has 0 spiro atoms. The predicted molar refractivity (Wildman–Crippen MR) is 37.4 cm³/mol. The molecular weight excluding hydrogens is 136 g/mol. The topological polar surface area (TPSA) is 37.3 Å². The molecule has 1 aliphatic heterocycles. The number of carboxylic acids is 1. The molecule has 0 saturated heterocycles. The zero-order valence-corrected chi connectivity index (χ0v) is 5.94. The SMILES string of the molecule is CC1CC=C(C(=O)O)S1. The standard InChI is InChI=1S/C6H8O2S/c1-4-2-3-5(9-4)6(7)8/h3-4H,2H2,1H3,(H,7,8). The summed E-state index contributed by atoms with van der Waals surface area (Å²) in [6, 6.07) is 0. The Hall–Kier alpha value is -0.440. The molecule has 0 saturated carbocycles. The lowest BCUT2D eigenvalue weighted by molar-refractivity contribution is -0.131. The van der Waals surface area contributed by atoms with Gasteiger partial charge in [-0.1, -0.05) is 13.0 Å². The van der Waals surface area contributed by atoms with Gasteiger partial charge in [0.05, 0.1) is 4.91 Å². The first-order valence-corrected chi connectivity index (χ1v) is 3.68. The van der Waals surface area contributed by atoms with Gasteiger partial charge in [-0.05, 0) is 6.42 Å². The van der Waals surface area contributed by atoms with E-state index < -0.39 is 5.97 Å². The minimum absolute atomic E-state index is 0.455. The van der Waals surface area contributed by atoms with Gasteiger partial charge < -0.3 is 5.11 Å². The first kappa shape index (κ1) is 6.68. The van der Waals surface area contributed by atoms with E-state index in [-0.39, 0.29) is 0 Å². The number of allylic oxidation sites excluding steroid dienone is 1. The summed E-state index contributed by atoms with van der Waals surface area (Å²) in [5, 5.41) is 8.90. The number of carboxylic acid groups (broad SMARTS) is 1. The molecule has 1 atom stereocenters. The van der Waals surface area contributed by atoms with Gasteiger partial charge in [-0.3, -0.25) is 0 Å². The number of rotatable bonds is 1. The van der Waals surface area contributed by atoms with E-state index in [0.29, 0.717) is 10.2 Å². The zero-order chi connectivity index (χ0) is 6.85. The Morgan fingerprint density at radius 3 is 2.89 bits per heavy atom. The van der Waals surface area contributed by atoms with Crippen molar-refractivity contribution in [2.75, 3.05) is 0 Å². The minimum atomic E-state index is -0.788. The van der Waals surface area contributed by atoms with Crippen LogP contribution in [0.5, 0.6) is 0 Å². The van der Waals surface area contributed by atoms with Gasteiger partial charge in [0.1, 0.15) is 0 Å². The number of aliphatic carboxylic acids is 1. The molecular formula is C6H8O2S. The van der Waals surface area contributed by atoms with Crippen molar-refractivity contribution in [1.82, 2.24) is 0 Å². The summed E-state index contributed by atoms with van der Waals surface area (Å²) in [6.07, 6.45) is 2.67. The minimum Gasteiger partial charge on any atom is -0.477 e. The van der Waals surface area contributed by atoms with Crippen molar-refractivity contribution >= 4 is 17.7 Å². The quantitative estimate of drug-likeness (QED) is 0.605. The van der Waals surface area contributed by atoms with Crippen molar-refractivity contribution in [3.05, 3.63) is 11.0 Å². The molecule has 1 heterocycles. The fraction of sp³-hybridized carbons (Fsp3) is 0.500. The van der Waals surface area contributed by atoms with Gasteiger partial charge in [0.2, 0.25) is 0 Å². The number of thioether (sulfide) groups is 1. The summed E-state index contributed by atoms with van der Waals surface area (Å²) < 4.78 is 0. The second-order valence-electron chi connectivity index (χ2n) is 2.04. The molecule has 1 unspecified atom stereocenters. The van der Waals surface area contributed by atoms with E-state index in [1.165, 1.54) is 11.8 Å². The predicted octanol–water partition coefficient (Wildman–Crippen LogP) is 1.48. The summed E-state index contributed by atoms with van der Waals surface area (Å²) in [6.45, 7) is 2.02. The second-order valence-corrected chi connectivity index (χ2v) is 3.52. The molecule has 0 radical (unpaired) electrons. The lowest BCUT2D eigenvalue weighted by atomic mass is 10.3. The van der Waals surface area contributed by atoms with Gasteiger partial charge in [-0.15, -0.1) is 11.8 Å². The molecule has 9 heavy (non-hydrogen) atoms. The molecule has 0 aromatic carbocycles. The van der Waals surface area contributed by atoms with Crippen LogP contribution in [0.4, 0.5) is 0 Å². The summed E-state index contributed by atoms with van der Waals surface area (Å²) in [5.41, 5.74) is 0. The van der Waals surface area contributed by atoms with Crippen LogP contribution >= 0.6 is 11.8 Å². The molecule has 0 amide bonds. The molecule has 3 heteroatoms. The monoisotopic (exact) mass is 144 g/mol. The Kier molecular flexibility index (Phi) is 1.81. The van der Waals surface area contributed by atoms with Crippen molar-refractivity contribution < 1.29 is 9.90 Å². The number of hydrogen-bond donors (Lipinski definition) is 1. The highest BCUT2D eigenvalue weighted by molar-refractivity contribution is 8.04. The van der Waals surface area contributed by atoms with Crippen molar-refractivity contribution in [2.24, 2.45) is 0 Å². The second kappa shape index (κ2) is 2.43. The fourth-order valence-corrected chi connectivity index (χ4v) is 1.64. The van der Waals surface area contributed by atoms with Crippen LogP contribution in [0, 0.1) is 0 Å². The van der Waals surface area contributed by atoms with Crippen LogP contribution in [0.25, 0.3) is 0 Å². The van der Waals surface area contributed by atoms with E-state index in [2.05, 4.69) is 0 Å². The van der Waals surface area contributed by atoms with Crippen molar-refractivity contribution in [3.63, 3.8) is 0 Å². The highest BCUT2D eigenvalue weighted by Crippen LogP contribution is 2.31. The molecule has 0 aromatic heterocycles. The third-order valence-corrected chi connectivity index (χ3v) is 2.36. The maximum Gasteiger partial charge on any atom is 0.341 e. The molecule has 2 nitrogen and oxygen atoms in total. The van der Waals surface area contributed by atoms with Crippen LogP contribution in [0.15, 0.2) is 11.0 Å². The van der Waals surface area contributed by atoms with E-state index >= 15 is 0 Å². The van der Waals surface area contributed by atoms with Crippen molar-refractivity contribution in [2.45, 2.75) is 18.6 Å². The smallest absolute Gasteiger partial charge is 0.341 e. The van der Waals surface area contributed by atoms with Crippen LogP contribution in [-0.2, 0) is 4.79 Å². The van der Waals surface area contributed by atoms with E-state index in [1.807, 2.05) is 6.92 Å². The maximum atomic E-state index is 10.3. The molecule has 50 valence electrons.